The minimum atomic E-state index is 0. The van der Waals surface area contributed by atoms with Gasteiger partial charge in [-0.25, -0.2) is 0 Å². The summed E-state index contributed by atoms with van der Waals surface area (Å²) in [5.74, 6) is 0. The normalized spacial score (nSPS) is 10.9. The number of hydrogen-bond acceptors (Lipinski definition) is 0. The van der Waals surface area contributed by atoms with Crippen LogP contribution in [0, 0.1) is 12.8 Å². The molecule has 0 N–H and O–H groups in total. The summed E-state index contributed by atoms with van der Waals surface area (Å²) in [5, 5.41) is 0. The van der Waals surface area contributed by atoms with Gasteiger partial charge in [-0.05, 0) is 24.0 Å². The van der Waals surface area contributed by atoms with E-state index in [0.717, 1.165) is 12.8 Å². The van der Waals surface area contributed by atoms with Gasteiger partial charge in [-0.15, -0.1) is 0 Å². The standard InChI is InChI=1S/C14H14.2C6H10.4Sb.Zr/c1-3-7-13(8-4-1)11-12-14-9-5-2-6-10-14;2*1-4-6(3)5-2;;;;;/h1-10H,11-12H2;2*4H,1-3H3;;;;;/q;2*-1;;;;;+2. The van der Waals surface area contributed by atoms with E-state index in [9.17, 15) is 0 Å². The van der Waals surface area contributed by atoms with Crippen molar-refractivity contribution < 1.29 is 26.2 Å². The number of aryl methyl sites for hydroxylation is 2. The maximum atomic E-state index is 2.26. The summed E-state index contributed by atoms with van der Waals surface area (Å²) in [6.07, 6.45) is 6.65. The zero-order valence-corrected chi connectivity index (χ0v) is 32.3. The van der Waals surface area contributed by atoms with Crippen LogP contribution in [0.15, 0.2) is 78.8 Å². The summed E-state index contributed by atoms with van der Waals surface area (Å²) in [7, 11) is 0. The summed E-state index contributed by atoms with van der Waals surface area (Å²) >= 11 is 4.22. The number of rotatable bonds is 7. The second-order valence-electron chi connectivity index (χ2n) is 6.79. The molecule has 0 saturated carbocycles. The molecule has 31 heavy (non-hydrogen) atoms. The predicted molar refractivity (Wildman–Crippen MR) is 140 cm³/mol. The smallest absolute Gasteiger partial charge is 0.0622 e. The second-order valence-corrected chi connectivity index (χ2v) is 19.4. The summed E-state index contributed by atoms with van der Waals surface area (Å²) in [5.41, 5.74) is 5.83. The van der Waals surface area contributed by atoms with Gasteiger partial charge in [0.05, 0.1) is 0 Å². The molecule has 2 radical (unpaired) electrons. The molecule has 0 fully saturated rings. The van der Waals surface area contributed by atoms with Gasteiger partial charge in [-0.3, -0.25) is 0 Å². The number of benzene rings is 2. The average molecular weight is 925 g/mol. The largest absolute Gasteiger partial charge is 2.00 e. The molecule has 0 spiro atoms. The first-order chi connectivity index (χ1) is 14.4. The molecule has 0 aliphatic carbocycles. The Morgan fingerprint density at radius 1 is 0.645 bits per heavy atom. The Morgan fingerprint density at radius 2 is 0.935 bits per heavy atom. The second kappa shape index (κ2) is 23.6. The van der Waals surface area contributed by atoms with Crippen molar-refractivity contribution in [2.24, 2.45) is 0 Å². The van der Waals surface area contributed by atoms with Crippen LogP contribution in [-0.2, 0) is 39.0 Å². The first kappa shape index (κ1) is 35.0. The third-order valence-corrected chi connectivity index (χ3v) is 19.9. The minimum absolute atomic E-state index is 0. The van der Waals surface area contributed by atoms with Gasteiger partial charge < -0.3 is 0 Å². The topological polar surface area (TPSA) is 0 Å². The van der Waals surface area contributed by atoms with Crippen molar-refractivity contribution in [1.82, 2.24) is 0 Å². The number of allylic oxidation sites excluding steroid dienone is 4. The molecule has 2 aromatic rings. The molecule has 0 amide bonds. The van der Waals surface area contributed by atoms with Gasteiger partial charge in [-0.2, -0.15) is 0 Å². The number of hydrogen-bond donors (Lipinski definition) is 0. The van der Waals surface area contributed by atoms with E-state index in [1.165, 1.54) is 22.3 Å². The zero-order valence-electron chi connectivity index (χ0n) is 19.6. The third-order valence-electron chi connectivity index (χ3n) is 4.70. The molecule has 0 aromatic heterocycles. The van der Waals surface area contributed by atoms with E-state index in [1.807, 2.05) is 36.5 Å². The van der Waals surface area contributed by atoms with Crippen molar-refractivity contribution in [3.8, 4) is 0 Å². The molecule has 0 bridgehead atoms. The molecule has 0 saturated heterocycles. The maximum Gasteiger partial charge on any atom is 2.00 e. The van der Waals surface area contributed by atoms with Crippen LogP contribution in [0.2, 0.25) is 0 Å². The molecule has 0 aliphatic heterocycles. The van der Waals surface area contributed by atoms with Crippen LogP contribution in [0.1, 0.15) is 52.7 Å². The first-order valence-corrected chi connectivity index (χ1v) is 30.3. The van der Waals surface area contributed by atoms with Gasteiger partial charge in [0.25, 0.3) is 0 Å². The van der Waals surface area contributed by atoms with E-state index in [4.69, 9.17) is 0 Å². The van der Waals surface area contributed by atoms with Gasteiger partial charge in [0.15, 0.2) is 0 Å². The van der Waals surface area contributed by atoms with Crippen LogP contribution in [-0.4, -0.2) is 70.2 Å². The van der Waals surface area contributed by atoms with E-state index >= 15 is 0 Å². The fourth-order valence-corrected chi connectivity index (χ4v) is 9.83. The molecule has 5 heteroatoms. The predicted octanol–water partition coefficient (Wildman–Crippen LogP) is 6.05. The van der Waals surface area contributed by atoms with E-state index in [1.54, 1.807) is 7.04 Å². The van der Waals surface area contributed by atoms with Gasteiger partial charge in [-0.1, -0.05) is 60.7 Å². The van der Waals surface area contributed by atoms with Crippen molar-refractivity contribution in [2.45, 2.75) is 54.4 Å². The quantitative estimate of drug-likeness (QED) is 0.235. The van der Waals surface area contributed by atoms with Crippen LogP contribution in [0.5, 0.6) is 0 Å². The van der Waals surface area contributed by atoms with Crippen LogP contribution >= 0.6 is 0 Å². The molecular formula is C26H34Sb4Zr. The van der Waals surface area contributed by atoms with Crippen molar-refractivity contribution in [3.63, 3.8) is 0 Å². The van der Waals surface area contributed by atoms with Gasteiger partial charge >= 0.3 is 169 Å². The molecule has 0 heterocycles. The van der Waals surface area contributed by atoms with E-state index in [2.05, 4.69) is 115 Å². The Kier molecular flexibility index (Phi) is 26.6. The fourth-order valence-electron chi connectivity index (χ4n) is 2.15. The fraction of sp³-hybridized carbons (Fsp3) is 0.308. The van der Waals surface area contributed by atoms with Crippen molar-refractivity contribution in [3.05, 3.63) is 103 Å². The van der Waals surface area contributed by atoms with Gasteiger partial charge in [0.1, 0.15) is 0 Å². The van der Waals surface area contributed by atoms with Crippen molar-refractivity contribution >= 4 is 70.2 Å². The van der Waals surface area contributed by atoms with E-state index in [0.29, 0.717) is 0 Å². The van der Waals surface area contributed by atoms with Crippen molar-refractivity contribution in [2.75, 3.05) is 0 Å². The SMILES string of the molecule is C[CH-]C(C)=[C](C)[Sb]=[Sb].C[CH-]C(C)=[C](C)[Sb]=[Sb].[Zr+2].c1ccc(CCc2ccccc2)cc1. The Morgan fingerprint density at radius 3 is 1.13 bits per heavy atom. The monoisotopic (exact) mass is 920 g/mol. The molecule has 162 valence electrons. The van der Waals surface area contributed by atoms with Crippen LogP contribution in [0.25, 0.3) is 0 Å². The molecular weight excluding hydrogens is 891 g/mol. The van der Waals surface area contributed by atoms with Crippen LogP contribution < -0.4 is 0 Å². The third kappa shape index (κ3) is 18.8. The molecule has 0 nitrogen and oxygen atoms in total. The van der Waals surface area contributed by atoms with Crippen LogP contribution in [0.4, 0.5) is 0 Å². The van der Waals surface area contributed by atoms with Gasteiger partial charge in [0, 0.05) is 0 Å². The molecule has 0 atom stereocenters. The zero-order chi connectivity index (χ0) is 22.8. The molecule has 0 unspecified atom stereocenters. The average Bonchev–Trinajstić information content (AvgIpc) is 2.82. The maximum absolute atomic E-state index is 2.26. The molecule has 0 aliphatic rings. The summed E-state index contributed by atoms with van der Waals surface area (Å²) in [6.45, 7) is 13.1. The molecule has 2 rings (SSSR count). The Balaban J connectivity index is 0. The summed E-state index contributed by atoms with van der Waals surface area (Å²) in [4.78, 5) is 0. The first-order valence-electron chi connectivity index (χ1n) is 10.1. The van der Waals surface area contributed by atoms with Crippen LogP contribution in [0.3, 0.4) is 0 Å². The Labute approximate surface area is 249 Å². The Hall–Kier alpha value is 1.82. The van der Waals surface area contributed by atoms with Crippen molar-refractivity contribution in [1.29, 1.82) is 0 Å². The summed E-state index contributed by atoms with van der Waals surface area (Å²) in [6, 6.07) is 21.2. The molecule has 2 aromatic carbocycles. The Bertz CT molecular complexity index is 727. The van der Waals surface area contributed by atoms with Gasteiger partial charge in [0.2, 0.25) is 0 Å². The summed E-state index contributed by atoms with van der Waals surface area (Å²) < 4.78 is 3.33. The van der Waals surface area contributed by atoms with E-state index in [-0.39, 0.29) is 59.9 Å². The minimum Gasteiger partial charge on any atom is -0.0622 e. The van der Waals surface area contributed by atoms with E-state index < -0.39 is 0 Å².